The number of nitrogens with zero attached hydrogens (tertiary/aromatic N) is 7. The van der Waals surface area contributed by atoms with Crippen LogP contribution in [0.5, 0.6) is 0 Å². The Morgan fingerprint density at radius 1 is 0.746 bits per heavy atom. The van der Waals surface area contributed by atoms with E-state index in [2.05, 4.69) is 49.9 Å². The maximum Gasteiger partial charge on any atom is 0.416 e. The third-order valence-electron chi connectivity index (χ3n) is 7.98. The van der Waals surface area contributed by atoms with Gasteiger partial charge in [0.25, 0.3) is 5.91 Å². The number of amides is 1. The number of aromatic carboxylic acids is 1. The van der Waals surface area contributed by atoms with Crippen molar-refractivity contribution in [2.24, 2.45) is 0 Å². The first-order valence-electron chi connectivity index (χ1n) is 18.1. The monoisotopic (exact) mass is 874 g/mol. The molecule has 8 N–H and O–H groups in total. The maximum atomic E-state index is 12.5. The van der Waals surface area contributed by atoms with Crippen LogP contribution in [0.25, 0.3) is 22.1 Å². The van der Waals surface area contributed by atoms with Crippen molar-refractivity contribution in [3.63, 3.8) is 0 Å². The van der Waals surface area contributed by atoms with Gasteiger partial charge in [-0.05, 0) is 58.0 Å². The van der Waals surface area contributed by atoms with Crippen molar-refractivity contribution in [2.75, 3.05) is 30.0 Å². The molecule has 1 amide bonds. The highest BCUT2D eigenvalue weighted by atomic mass is 19.4. The molecule has 0 bridgehead atoms. The van der Waals surface area contributed by atoms with E-state index in [1.165, 1.54) is 43.0 Å². The fourth-order valence-corrected chi connectivity index (χ4v) is 5.14. The molecule has 0 saturated heterocycles. The summed E-state index contributed by atoms with van der Waals surface area (Å²) in [5.74, 6) is -1.26. The van der Waals surface area contributed by atoms with E-state index in [1.807, 2.05) is 6.92 Å². The van der Waals surface area contributed by atoms with Crippen molar-refractivity contribution in [3.05, 3.63) is 129 Å². The molecule has 0 aliphatic carbocycles. The van der Waals surface area contributed by atoms with Gasteiger partial charge in [-0.3, -0.25) is 34.8 Å². The van der Waals surface area contributed by atoms with Crippen LogP contribution in [0.4, 0.5) is 35.9 Å². The number of imidazole rings is 2. The number of alkyl halides is 3. The molecular weight excluding hydrogens is 837 g/mol. The molecule has 1 aromatic carbocycles. The van der Waals surface area contributed by atoms with Gasteiger partial charge in [-0.1, -0.05) is 0 Å². The highest BCUT2D eigenvalue weighted by molar-refractivity contribution is 6.11. The first-order chi connectivity index (χ1) is 29.9. The van der Waals surface area contributed by atoms with Crippen molar-refractivity contribution in [1.29, 1.82) is 0 Å². The molecule has 0 unspecified atom stereocenters. The number of aromatic nitrogens is 8. The number of aromatic amines is 2. The second kappa shape index (κ2) is 21.1. The number of nitro groups is 1. The minimum atomic E-state index is -4.41. The van der Waals surface area contributed by atoms with Gasteiger partial charge in [0.15, 0.2) is 0 Å². The van der Waals surface area contributed by atoms with Crippen LogP contribution < -0.4 is 16.8 Å². The summed E-state index contributed by atoms with van der Waals surface area (Å²) in [4.78, 5) is 84.7. The molecule has 328 valence electrons. The number of nitrogen functional groups attached to an aromatic ring is 2. The molecule has 0 saturated carbocycles. The molecule has 6 heterocycles. The van der Waals surface area contributed by atoms with E-state index in [0.29, 0.717) is 34.5 Å². The lowest BCUT2D eigenvalue weighted by Gasteiger charge is -2.09. The normalized spacial score (nSPS) is 10.5. The second-order valence-electron chi connectivity index (χ2n) is 12.4. The molecule has 6 aromatic heterocycles. The van der Waals surface area contributed by atoms with Crippen molar-refractivity contribution < 1.29 is 51.9 Å². The lowest BCUT2D eigenvalue weighted by atomic mass is 10.2. The van der Waals surface area contributed by atoms with Crippen LogP contribution in [0.1, 0.15) is 72.5 Å². The molecule has 21 nitrogen and oxygen atoms in total. The zero-order valence-electron chi connectivity index (χ0n) is 33.6. The maximum absolute atomic E-state index is 12.5. The van der Waals surface area contributed by atoms with Crippen molar-refractivity contribution in [1.82, 2.24) is 39.9 Å². The van der Waals surface area contributed by atoms with Crippen molar-refractivity contribution >= 4 is 68.6 Å². The largest absolute Gasteiger partial charge is 0.478 e. The number of H-pyrrole nitrogens is 2. The molecule has 24 heteroatoms. The van der Waals surface area contributed by atoms with Gasteiger partial charge in [0.05, 0.1) is 52.7 Å². The summed E-state index contributed by atoms with van der Waals surface area (Å²) in [5, 5.41) is 21.5. The number of hydrogen-bond donors (Lipinski definition) is 6. The fraction of sp³-hybridized carbons (Fsp3) is 0.179. The predicted molar refractivity (Wildman–Crippen MR) is 219 cm³/mol. The van der Waals surface area contributed by atoms with Crippen LogP contribution in [0.15, 0.2) is 79.9 Å². The summed E-state index contributed by atoms with van der Waals surface area (Å²) < 4.78 is 47.1. The van der Waals surface area contributed by atoms with Crippen LogP contribution in [-0.2, 0) is 15.7 Å². The van der Waals surface area contributed by atoms with Gasteiger partial charge in [0, 0.05) is 42.4 Å². The number of halogens is 3. The molecule has 63 heavy (non-hydrogen) atoms. The van der Waals surface area contributed by atoms with Crippen LogP contribution in [0, 0.1) is 24.0 Å². The summed E-state index contributed by atoms with van der Waals surface area (Å²) >= 11 is 0. The van der Waals surface area contributed by atoms with Gasteiger partial charge in [0.1, 0.15) is 51.3 Å². The van der Waals surface area contributed by atoms with E-state index in [0.717, 1.165) is 35.9 Å². The number of anilines is 3. The standard InChI is InChI=1S/C15H11F3N4O.C10H11N3O2.C8H9N3O4.C6H6N2O2/c1-8-20-12-7-19-6-11(13(12)21-8)14(23)22-10-4-2-9(3-5-10)15(16,17)18;1-3-15-10(14)7-4-11-5-8-9(7)13-6(2)12-8;1-2-15-8(12)5-3-10-4-6(7(5)9)11(13)14;7-5-1-2-8-3-4(5)6(9)10/h2-7H,1H3,(H,20,21)(H,22,23);4-5H,3H2,1-2H3,(H,12,13);3-4H,2H2,1H3,(H2,9,10);1-3H,(H2,7,8)(H,9,10). The zero-order valence-corrected chi connectivity index (χ0v) is 33.6. The number of aryl methyl sites for hydroxylation is 2. The van der Waals surface area contributed by atoms with Gasteiger partial charge in [0.2, 0.25) is 0 Å². The van der Waals surface area contributed by atoms with E-state index in [-0.39, 0.29) is 46.3 Å². The number of fused-ring (bicyclic) bond motifs is 2. The van der Waals surface area contributed by atoms with Gasteiger partial charge < -0.3 is 41.3 Å². The number of carboxylic acids is 1. The molecule has 0 fully saturated rings. The number of esters is 2. The minimum absolute atomic E-state index is 0.0440. The summed E-state index contributed by atoms with van der Waals surface area (Å²) in [6.07, 6.45) is 6.40. The molecule has 0 aliphatic rings. The number of carboxylic acid groups (broad SMARTS) is 1. The van der Waals surface area contributed by atoms with Gasteiger partial charge in [-0.2, -0.15) is 13.2 Å². The third-order valence-corrected chi connectivity index (χ3v) is 7.98. The van der Waals surface area contributed by atoms with E-state index < -0.39 is 40.2 Å². The van der Waals surface area contributed by atoms with E-state index in [4.69, 9.17) is 21.3 Å². The summed E-state index contributed by atoms with van der Waals surface area (Å²) in [6.45, 7) is 7.48. The molecule has 0 radical (unpaired) electrons. The number of pyridine rings is 4. The Labute approximate surface area is 353 Å². The molecule has 7 aromatic rings. The van der Waals surface area contributed by atoms with Crippen LogP contribution >= 0.6 is 0 Å². The number of nitrogens with one attached hydrogen (secondary N) is 3. The minimum Gasteiger partial charge on any atom is -0.478 e. The lowest BCUT2D eigenvalue weighted by Crippen LogP contribution is -2.13. The molecule has 7 rings (SSSR count). The Kier molecular flexibility index (Phi) is 15.8. The second-order valence-corrected chi connectivity index (χ2v) is 12.4. The summed E-state index contributed by atoms with van der Waals surface area (Å²) in [7, 11) is 0. The average molecular weight is 875 g/mol. The zero-order chi connectivity index (χ0) is 46.4. The van der Waals surface area contributed by atoms with Crippen LogP contribution in [0.3, 0.4) is 0 Å². The third kappa shape index (κ3) is 12.5. The highest BCUT2D eigenvalue weighted by Crippen LogP contribution is 2.30. The Bertz CT molecular complexity index is 2760. The number of carbonyl (C=O) groups is 4. The first-order valence-corrected chi connectivity index (χ1v) is 18.1. The molecule has 0 atom stereocenters. The molecule has 0 aliphatic heterocycles. The quantitative estimate of drug-likeness (QED) is 0.0571. The summed E-state index contributed by atoms with van der Waals surface area (Å²) in [6, 6.07) is 5.66. The van der Waals surface area contributed by atoms with Crippen molar-refractivity contribution in [2.45, 2.75) is 33.9 Å². The number of carbonyl (C=O) groups excluding carboxylic acids is 3. The Morgan fingerprint density at radius 2 is 1.24 bits per heavy atom. The number of benzene rings is 1. The van der Waals surface area contributed by atoms with E-state index in [9.17, 15) is 42.5 Å². The van der Waals surface area contributed by atoms with Crippen LogP contribution in [-0.4, -0.2) is 86.9 Å². The molecular formula is C39H37F3N12O9. The number of hydrogen-bond acceptors (Lipinski definition) is 16. The average Bonchev–Trinajstić information content (AvgIpc) is 3.82. The fourth-order valence-electron chi connectivity index (χ4n) is 5.14. The smallest absolute Gasteiger partial charge is 0.416 e. The number of nitrogens with two attached hydrogens (primary N) is 2. The van der Waals surface area contributed by atoms with E-state index in [1.54, 1.807) is 33.2 Å². The number of ether oxygens (including phenoxy) is 2. The first kappa shape index (κ1) is 47.1. The highest BCUT2D eigenvalue weighted by Gasteiger charge is 2.30. The lowest BCUT2D eigenvalue weighted by molar-refractivity contribution is -0.384. The van der Waals surface area contributed by atoms with Gasteiger partial charge in [-0.15, -0.1) is 0 Å². The SMILES string of the molecule is CCOC(=O)c1cncc([N+](=O)[O-])c1N.CCOC(=O)c1cncc2[nH]c(C)nc12.Cc1nc2c(C(=O)Nc3ccc(C(F)(F)F)cc3)cncc2[nH]1.Nc1ccncc1C(=O)O. The number of rotatable bonds is 8. The van der Waals surface area contributed by atoms with Crippen LogP contribution in [0.2, 0.25) is 0 Å². The van der Waals surface area contributed by atoms with Gasteiger partial charge >= 0.3 is 29.8 Å². The summed E-state index contributed by atoms with van der Waals surface area (Å²) in [5.41, 5.74) is 12.9. The Balaban J connectivity index is 0.000000193. The van der Waals surface area contributed by atoms with Gasteiger partial charge in [-0.25, -0.2) is 24.4 Å². The predicted octanol–water partition coefficient (Wildman–Crippen LogP) is 6.09. The molecule has 0 spiro atoms. The van der Waals surface area contributed by atoms with E-state index >= 15 is 0 Å². The Hall–Kier alpha value is -8.57. The van der Waals surface area contributed by atoms with Crippen molar-refractivity contribution in [3.8, 4) is 0 Å². The Morgan fingerprint density at radius 3 is 1.73 bits per heavy atom. The topological polar surface area (TPSA) is 323 Å².